The highest BCUT2D eigenvalue weighted by molar-refractivity contribution is 5.94. The monoisotopic (exact) mass is 466 g/mol. The number of amides is 1. The molecule has 35 heavy (non-hydrogen) atoms. The molecule has 178 valence electrons. The molecule has 0 bridgehead atoms. The van der Waals surface area contributed by atoms with Crippen LogP contribution in [0.4, 0.5) is 5.69 Å². The van der Waals surface area contributed by atoms with Gasteiger partial charge in [-0.25, -0.2) is 4.68 Å². The molecule has 0 saturated carbocycles. The predicted octanol–water partition coefficient (Wildman–Crippen LogP) is 5.21. The maximum Gasteiger partial charge on any atom is 0.272 e. The van der Waals surface area contributed by atoms with E-state index in [0.717, 1.165) is 41.5 Å². The van der Waals surface area contributed by atoms with E-state index in [1.807, 2.05) is 90.7 Å². The van der Waals surface area contributed by atoms with Gasteiger partial charge in [0.25, 0.3) is 5.91 Å². The van der Waals surface area contributed by atoms with Crippen molar-refractivity contribution in [3.05, 3.63) is 96.2 Å². The Morgan fingerprint density at radius 1 is 0.886 bits per heavy atom. The third kappa shape index (κ3) is 4.78. The summed E-state index contributed by atoms with van der Waals surface area (Å²) in [7, 11) is 0. The SMILES string of the molecule is CCOc1ccccc1N1CCN(C(=O)c2cc(-c3ccccc3)nn2-c2ccc(C)cc2)CC1. The lowest BCUT2D eigenvalue weighted by atomic mass is 10.1. The van der Waals surface area contributed by atoms with Crippen LogP contribution in [-0.2, 0) is 0 Å². The average Bonchev–Trinajstić information content (AvgIpc) is 3.35. The summed E-state index contributed by atoms with van der Waals surface area (Å²) in [5.41, 5.74) is 5.49. The van der Waals surface area contributed by atoms with Crippen molar-refractivity contribution in [1.29, 1.82) is 0 Å². The molecule has 1 saturated heterocycles. The first-order chi connectivity index (χ1) is 17.1. The molecule has 5 rings (SSSR count). The number of hydrogen-bond acceptors (Lipinski definition) is 4. The van der Waals surface area contributed by atoms with E-state index >= 15 is 0 Å². The smallest absolute Gasteiger partial charge is 0.272 e. The van der Waals surface area contributed by atoms with Crippen molar-refractivity contribution in [2.45, 2.75) is 13.8 Å². The molecule has 6 nitrogen and oxygen atoms in total. The van der Waals surface area contributed by atoms with E-state index < -0.39 is 0 Å². The number of carbonyl (C=O) groups is 1. The summed E-state index contributed by atoms with van der Waals surface area (Å²) in [6.45, 7) is 7.45. The lowest BCUT2D eigenvalue weighted by Gasteiger charge is -2.36. The number of hydrogen-bond donors (Lipinski definition) is 0. The molecule has 1 fully saturated rings. The number of para-hydroxylation sites is 2. The van der Waals surface area contributed by atoms with Crippen LogP contribution in [0, 0.1) is 6.92 Å². The van der Waals surface area contributed by atoms with Gasteiger partial charge in [0.1, 0.15) is 11.4 Å². The number of piperazine rings is 1. The van der Waals surface area contributed by atoms with Crippen LogP contribution >= 0.6 is 0 Å². The standard InChI is InChI=1S/C29H30N4O2/c1-3-35-28-12-8-7-11-26(28)31-17-19-32(20-18-31)29(34)27-21-25(23-9-5-4-6-10-23)30-33(27)24-15-13-22(2)14-16-24/h4-16,21H,3,17-20H2,1-2H3. The third-order valence-corrected chi connectivity index (χ3v) is 6.35. The Morgan fingerprint density at radius 2 is 1.57 bits per heavy atom. The van der Waals surface area contributed by atoms with Crippen molar-refractivity contribution in [3.8, 4) is 22.7 Å². The first-order valence-corrected chi connectivity index (χ1v) is 12.1. The number of ether oxygens (including phenoxy) is 1. The van der Waals surface area contributed by atoms with Gasteiger partial charge in [-0.15, -0.1) is 0 Å². The van der Waals surface area contributed by atoms with Crippen LogP contribution in [0.15, 0.2) is 84.9 Å². The summed E-state index contributed by atoms with van der Waals surface area (Å²) >= 11 is 0. The van der Waals surface area contributed by atoms with Crippen molar-refractivity contribution in [1.82, 2.24) is 14.7 Å². The van der Waals surface area contributed by atoms with Crippen molar-refractivity contribution in [2.75, 3.05) is 37.7 Å². The zero-order valence-corrected chi connectivity index (χ0v) is 20.2. The van der Waals surface area contributed by atoms with Crippen LogP contribution in [-0.4, -0.2) is 53.4 Å². The average molecular weight is 467 g/mol. The minimum absolute atomic E-state index is 0.00185. The summed E-state index contributed by atoms with van der Waals surface area (Å²) < 4.78 is 7.60. The highest BCUT2D eigenvalue weighted by Gasteiger charge is 2.27. The number of benzene rings is 3. The fourth-order valence-corrected chi connectivity index (χ4v) is 4.47. The Hall–Kier alpha value is -4.06. The van der Waals surface area contributed by atoms with Gasteiger partial charge in [-0.1, -0.05) is 60.2 Å². The molecule has 0 radical (unpaired) electrons. The van der Waals surface area contributed by atoms with E-state index in [-0.39, 0.29) is 5.91 Å². The molecule has 3 aromatic carbocycles. The van der Waals surface area contributed by atoms with E-state index in [1.165, 1.54) is 5.56 Å². The minimum atomic E-state index is -0.00185. The normalized spacial score (nSPS) is 13.7. The Labute approximate surface area is 206 Å². The Balaban J connectivity index is 1.40. The van der Waals surface area contributed by atoms with Gasteiger partial charge in [0, 0.05) is 31.7 Å². The second-order valence-electron chi connectivity index (χ2n) is 8.71. The molecule has 2 heterocycles. The largest absolute Gasteiger partial charge is 0.492 e. The van der Waals surface area contributed by atoms with Crippen LogP contribution in [0.5, 0.6) is 5.75 Å². The molecule has 1 aliphatic rings. The Morgan fingerprint density at radius 3 is 2.29 bits per heavy atom. The lowest BCUT2D eigenvalue weighted by molar-refractivity contribution is 0.0737. The quantitative estimate of drug-likeness (QED) is 0.392. The molecule has 1 amide bonds. The van der Waals surface area contributed by atoms with Gasteiger partial charge in [0.05, 0.1) is 23.7 Å². The van der Waals surface area contributed by atoms with Gasteiger partial charge in [0.15, 0.2) is 0 Å². The van der Waals surface area contributed by atoms with Gasteiger partial charge >= 0.3 is 0 Å². The zero-order chi connectivity index (χ0) is 24.2. The second-order valence-corrected chi connectivity index (χ2v) is 8.71. The number of aromatic nitrogens is 2. The van der Waals surface area contributed by atoms with E-state index in [2.05, 4.69) is 17.9 Å². The molecule has 1 aromatic heterocycles. The summed E-state index contributed by atoms with van der Waals surface area (Å²) in [4.78, 5) is 18.0. The van der Waals surface area contributed by atoms with E-state index in [9.17, 15) is 4.79 Å². The summed E-state index contributed by atoms with van der Waals surface area (Å²) in [5, 5.41) is 4.83. The number of nitrogens with zero attached hydrogens (tertiary/aromatic N) is 4. The van der Waals surface area contributed by atoms with Gasteiger partial charge in [0.2, 0.25) is 0 Å². The number of rotatable bonds is 6. The molecule has 0 aliphatic carbocycles. The van der Waals surface area contributed by atoms with E-state index in [1.54, 1.807) is 4.68 Å². The lowest BCUT2D eigenvalue weighted by Crippen LogP contribution is -2.49. The van der Waals surface area contributed by atoms with Crippen molar-refractivity contribution < 1.29 is 9.53 Å². The van der Waals surface area contributed by atoms with Gasteiger partial charge in [-0.3, -0.25) is 4.79 Å². The van der Waals surface area contributed by atoms with Crippen molar-refractivity contribution in [3.63, 3.8) is 0 Å². The third-order valence-electron chi connectivity index (χ3n) is 6.35. The Bertz CT molecular complexity index is 1290. The second kappa shape index (κ2) is 10.1. The molecule has 0 N–H and O–H groups in total. The van der Waals surface area contributed by atoms with Gasteiger partial charge in [-0.2, -0.15) is 5.10 Å². The first kappa shape index (κ1) is 22.7. The van der Waals surface area contributed by atoms with Crippen LogP contribution < -0.4 is 9.64 Å². The van der Waals surface area contributed by atoms with Gasteiger partial charge < -0.3 is 14.5 Å². The highest BCUT2D eigenvalue weighted by Crippen LogP contribution is 2.29. The van der Waals surface area contributed by atoms with Crippen LogP contribution in [0.3, 0.4) is 0 Å². The highest BCUT2D eigenvalue weighted by atomic mass is 16.5. The topological polar surface area (TPSA) is 50.6 Å². The van der Waals surface area contributed by atoms with Crippen molar-refractivity contribution >= 4 is 11.6 Å². The Kier molecular flexibility index (Phi) is 6.53. The van der Waals surface area contributed by atoms with E-state index in [4.69, 9.17) is 9.84 Å². The summed E-state index contributed by atoms with van der Waals surface area (Å²) in [6.07, 6.45) is 0. The number of carbonyl (C=O) groups excluding carboxylic acids is 1. The molecule has 4 aromatic rings. The zero-order valence-electron chi connectivity index (χ0n) is 20.2. The van der Waals surface area contributed by atoms with Crippen molar-refractivity contribution in [2.24, 2.45) is 0 Å². The predicted molar refractivity (Wildman–Crippen MR) is 139 cm³/mol. The molecular formula is C29H30N4O2. The maximum atomic E-state index is 13.7. The first-order valence-electron chi connectivity index (χ1n) is 12.1. The minimum Gasteiger partial charge on any atom is -0.492 e. The molecular weight excluding hydrogens is 436 g/mol. The number of aryl methyl sites for hydroxylation is 1. The summed E-state index contributed by atoms with van der Waals surface area (Å²) in [5.74, 6) is 0.887. The molecule has 1 aliphatic heterocycles. The molecule has 0 unspecified atom stereocenters. The molecule has 0 atom stereocenters. The maximum absolute atomic E-state index is 13.7. The fraction of sp³-hybridized carbons (Fsp3) is 0.241. The number of anilines is 1. The molecule has 0 spiro atoms. The van der Waals surface area contributed by atoms with Crippen LogP contribution in [0.2, 0.25) is 0 Å². The van der Waals surface area contributed by atoms with Gasteiger partial charge in [-0.05, 0) is 44.2 Å². The summed E-state index contributed by atoms with van der Waals surface area (Å²) in [6, 6.07) is 28.1. The van der Waals surface area contributed by atoms with E-state index in [0.29, 0.717) is 25.4 Å². The van der Waals surface area contributed by atoms with Crippen LogP contribution in [0.25, 0.3) is 16.9 Å². The van der Waals surface area contributed by atoms with Crippen LogP contribution in [0.1, 0.15) is 23.0 Å². The fourth-order valence-electron chi connectivity index (χ4n) is 4.47. The molecule has 6 heteroatoms.